The van der Waals surface area contributed by atoms with Crippen LogP contribution in [0.4, 0.5) is 4.39 Å². The third kappa shape index (κ3) is 7.85. The normalized spacial score (nSPS) is 13.5. The zero-order valence-electron chi connectivity index (χ0n) is 6.44. The SMILES string of the molecule is CC(O)CCCNCCF. The Morgan fingerprint density at radius 1 is 1.50 bits per heavy atom. The van der Waals surface area contributed by atoms with Crippen LogP contribution in [0.2, 0.25) is 0 Å². The van der Waals surface area contributed by atoms with Gasteiger partial charge in [0.05, 0.1) is 6.10 Å². The molecule has 0 aromatic rings. The Labute approximate surface area is 61.4 Å². The predicted molar refractivity (Wildman–Crippen MR) is 39.8 cm³/mol. The summed E-state index contributed by atoms with van der Waals surface area (Å²) in [5.74, 6) is 0. The second kappa shape index (κ2) is 6.96. The molecular formula is C7H16FNO. The van der Waals surface area contributed by atoms with E-state index in [4.69, 9.17) is 5.11 Å². The van der Waals surface area contributed by atoms with E-state index in [1.807, 2.05) is 0 Å². The molecule has 0 aromatic carbocycles. The van der Waals surface area contributed by atoms with Crippen molar-refractivity contribution in [3.8, 4) is 0 Å². The summed E-state index contributed by atoms with van der Waals surface area (Å²) in [6.07, 6.45) is 1.48. The molecule has 0 aromatic heterocycles. The molecule has 0 radical (unpaired) electrons. The van der Waals surface area contributed by atoms with Gasteiger partial charge < -0.3 is 10.4 Å². The molecule has 0 bridgehead atoms. The molecule has 0 amide bonds. The van der Waals surface area contributed by atoms with E-state index >= 15 is 0 Å². The van der Waals surface area contributed by atoms with Crippen molar-refractivity contribution in [1.82, 2.24) is 5.32 Å². The molecule has 0 saturated carbocycles. The highest BCUT2D eigenvalue weighted by Gasteiger charge is 1.93. The summed E-state index contributed by atoms with van der Waals surface area (Å²) in [4.78, 5) is 0. The molecule has 1 unspecified atom stereocenters. The Bertz CT molecular complexity index is 68.6. The number of aliphatic hydroxyl groups is 1. The van der Waals surface area contributed by atoms with Gasteiger partial charge in [0.15, 0.2) is 0 Å². The molecule has 62 valence electrons. The highest BCUT2D eigenvalue weighted by Crippen LogP contribution is 1.92. The van der Waals surface area contributed by atoms with Crippen LogP contribution in [-0.4, -0.2) is 31.0 Å². The van der Waals surface area contributed by atoms with E-state index < -0.39 is 0 Å². The van der Waals surface area contributed by atoms with E-state index in [1.165, 1.54) is 0 Å². The third-order valence-electron chi connectivity index (χ3n) is 1.25. The number of aliphatic hydroxyl groups excluding tert-OH is 1. The average molecular weight is 149 g/mol. The van der Waals surface area contributed by atoms with Crippen LogP contribution in [0.5, 0.6) is 0 Å². The lowest BCUT2D eigenvalue weighted by molar-refractivity contribution is 0.181. The highest BCUT2D eigenvalue weighted by atomic mass is 19.1. The molecule has 0 aliphatic carbocycles. The van der Waals surface area contributed by atoms with Gasteiger partial charge in [0.25, 0.3) is 0 Å². The lowest BCUT2D eigenvalue weighted by Gasteiger charge is -2.03. The summed E-state index contributed by atoms with van der Waals surface area (Å²) in [5.41, 5.74) is 0. The Hall–Kier alpha value is -0.150. The van der Waals surface area contributed by atoms with Gasteiger partial charge in [0.2, 0.25) is 0 Å². The standard InChI is InChI=1S/C7H16FNO/c1-7(10)3-2-5-9-6-4-8/h7,9-10H,2-6H2,1H3. The van der Waals surface area contributed by atoms with Crippen molar-refractivity contribution in [2.24, 2.45) is 0 Å². The van der Waals surface area contributed by atoms with Crippen LogP contribution >= 0.6 is 0 Å². The number of halogens is 1. The lowest BCUT2D eigenvalue weighted by Crippen LogP contribution is -2.18. The van der Waals surface area contributed by atoms with Gasteiger partial charge in [0.1, 0.15) is 6.67 Å². The molecule has 0 aliphatic heterocycles. The van der Waals surface area contributed by atoms with Crippen LogP contribution in [0.15, 0.2) is 0 Å². The van der Waals surface area contributed by atoms with Gasteiger partial charge in [-0.25, -0.2) is 4.39 Å². The molecule has 2 nitrogen and oxygen atoms in total. The second-order valence-corrected chi connectivity index (χ2v) is 2.43. The first-order valence-electron chi connectivity index (χ1n) is 3.72. The van der Waals surface area contributed by atoms with Crippen molar-refractivity contribution in [1.29, 1.82) is 0 Å². The van der Waals surface area contributed by atoms with Crippen molar-refractivity contribution in [3.63, 3.8) is 0 Å². The molecule has 1 atom stereocenters. The number of alkyl halides is 1. The van der Waals surface area contributed by atoms with Crippen molar-refractivity contribution in [2.45, 2.75) is 25.9 Å². The summed E-state index contributed by atoms with van der Waals surface area (Å²) in [5, 5.41) is 11.7. The van der Waals surface area contributed by atoms with Gasteiger partial charge in [-0.2, -0.15) is 0 Å². The van der Waals surface area contributed by atoms with Crippen LogP contribution in [0, 0.1) is 0 Å². The fourth-order valence-electron chi connectivity index (χ4n) is 0.714. The fraction of sp³-hybridized carbons (Fsp3) is 1.00. The van der Waals surface area contributed by atoms with Crippen molar-refractivity contribution >= 4 is 0 Å². The summed E-state index contributed by atoms with van der Waals surface area (Å²) < 4.78 is 11.5. The monoisotopic (exact) mass is 149 g/mol. The van der Waals surface area contributed by atoms with Crippen LogP contribution < -0.4 is 5.32 Å². The maximum Gasteiger partial charge on any atom is 0.102 e. The van der Waals surface area contributed by atoms with E-state index in [9.17, 15) is 4.39 Å². The first kappa shape index (κ1) is 9.85. The van der Waals surface area contributed by atoms with Gasteiger partial charge in [0, 0.05) is 6.54 Å². The third-order valence-corrected chi connectivity index (χ3v) is 1.25. The van der Waals surface area contributed by atoms with Crippen molar-refractivity contribution in [2.75, 3.05) is 19.8 Å². The molecule has 0 heterocycles. The van der Waals surface area contributed by atoms with E-state index in [2.05, 4.69) is 5.32 Å². The van der Waals surface area contributed by atoms with E-state index in [0.717, 1.165) is 19.4 Å². The largest absolute Gasteiger partial charge is 0.393 e. The molecule has 0 spiro atoms. The Kier molecular flexibility index (Phi) is 6.86. The van der Waals surface area contributed by atoms with E-state index in [1.54, 1.807) is 6.92 Å². The zero-order chi connectivity index (χ0) is 7.82. The van der Waals surface area contributed by atoms with Crippen LogP contribution in [-0.2, 0) is 0 Å². The minimum absolute atomic E-state index is 0.229. The smallest absolute Gasteiger partial charge is 0.102 e. The van der Waals surface area contributed by atoms with Crippen LogP contribution in [0.3, 0.4) is 0 Å². The van der Waals surface area contributed by atoms with Crippen LogP contribution in [0.1, 0.15) is 19.8 Å². The van der Waals surface area contributed by atoms with Crippen molar-refractivity contribution < 1.29 is 9.50 Å². The van der Waals surface area contributed by atoms with Gasteiger partial charge in [-0.3, -0.25) is 0 Å². The minimum atomic E-state index is -0.311. The lowest BCUT2D eigenvalue weighted by atomic mass is 10.2. The van der Waals surface area contributed by atoms with Gasteiger partial charge in [-0.15, -0.1) is 0 Å². The Balaban J connectivity index is 2.77. The van der Waals surface area contributed by atoms with Crippen LogP contribution in [0.25, 0.3) is 0 Å². The molecule has 0 fully saturated rings. The predicted octanol–water partition coefficient (Wildman–Crippen LogP) is 0.707. The number of nitrogens with one attached hydrogen (secondary N) is 1. The quantitative estimate of drug-likeness (QED) is 0.545. The number of rotatable bonds is 6. The van der Waals surface area contributed by atoms with E-state index in [0.29, 0.717) is 6.54 Å². The fourth-order valence-corrected chi connectivity index (χ4v) is 0.714. The molecular weight excluding hydrogens is 133 g/mol. The summed E-state index contributed by atoms with van der Waals surface area (Å²) >= 11 is 0. The maximum absolute atomic E-state index is 11.5. The first-order chi connectivity index (χ1) is 4.77. The Morgan fingerprint density at radius 2 is 2.20 bits per heavy atom. The number of hydrogen-bond acceptors (Lipinski definition) is 2. The van der Waals surface area contributed by atoms with E-state index in [-0.39, 0.29) is 12.8 Å². The second-order valence-electron chi connectivity index (χ2n) is 2.43. The molecule has 10 heavy (non-hydrogen) atoms. The summed E-state index contributed by atoms with van der Waals surface area (Å²) in [7, 11) is 0. The topological polar surface area (TPSA) is 32.3 Å². The molecule has 0 saturated heterocycles. The average Bonchev–Trinajstić information content (AvgIpc) is 1.87. The highest BCUT2D eigenvalue weighted by molar-refractivity contribution is 4.50. The number of hydrogen-bond donors (Lipinski definition) is 2. The molecule has 0 aliphatic rings. The van der Waals surface area contributed by atoms with Gasteiger partial charge in [-0.05, 0) is 26.3 Å². The first-order valence-corrected chi connectivity index (χ1v) is 3.72. The van der Waals surface area contributed by atoms with Gasteiger partial charge >= 0.3 is 0 Å². The molecule has 3 heteroatoms. The summed E-state index contributed by atoms with van der Waals surface area (Å²) in [6.45, 7) is 2.68. The maximum atomic E-state index is 11.5. The molecule has 2 N–H and O–H groups in total. The summed E-state index contributed by atoms with van der Waals surface area (Å²) in [6, 6.07) is 0. The minimum Gasteiger partial charge on any atom is -0.393 e. The zero-order valence-corrected chi connectivity index (χ0v) is 6.44. The van der Waals surface area contributed by atoms with Crippen molar-refractivity contribution in [3.05, 3.63) is 0 Å². The Morgan fingerprint density at radius 3 is 2.70 bits per heavy atom. The molecule has 0 rings (SSSR count). The van der Waals surface area contributed by atoms with Gasteiger partial charge in [-0.1, -0.05) is 0 Å².